The number of hydrogen-bond donors (Lipinski definition) is 1. The standard InChI is InChI=1S/C23H25N5O3S/c1-14-22(32-15(2)26-14)23(30)28-9-7-18-21-20(28)16-5-3-6-17(11-16)31-10-4-8-24-19(29)12-27(21)13-25-18/h3,5-6,11,13,20H,4,7-10,12H2,1-2H3,(H,24,29). The molecule has 1 N–H and O–H groups in total. The van der Waals surface area contributed by atoms with E-state index in [-0.39, 0.29) is 24.4 Å². The Morgan fingerprint density at radius 3 is 3.00 bits per heavy atom. The Kier molecular flexibility index (Phi) is 5.42. The van der Waals surface area contributed by atoms with Crippen molar-refractivity contribution in [3.63, 3.8) is 0 Å². The van der Waals surface area contributed by atoms with Gasteiger partial charge in [-0.2, -0.15) is 0 Å². The summed E-state index contributed by atoms with van der Waals surface area (Å²) in [5.74, 6) is 0.632. The fourth-order valence-electron chi connectivity index (χ4n) is 4.46. The van der Waals surface area contributed by atoms with Gasteiger partial charge in [-0.05, 0) is 38.0 Å². The van der Waals surface area contributed by atoms with E-state index < -0.39 is 0 Å². The van der Waals surface area contributed by atoms with Gasteiger partial charge in [-0.1, -0.05) is 12.1 Å². The molecular weight excluding hydrogens is 426 g/mol. The van der Waals surface area contributed by atoms with Crippen LogP contribution in [0.5, 0.6) is 5.75 Å². The molecule has 0 aliphatic carbocycles. The van der Waals surface area contributed by atoms with Crippen LogP contribution < -0.4 is 10.1 Å². The molecule has 2 bridgehead atoms. The van der Waals surface area contributed by atoms with Gasteiger partial charge in [0.05, 0.1) is 41.1 Å². The Morgan fingerprint density at radius 1 is 1.31 bits per heavy atom. The number of aryl methyl sites for hydroxylation is 2. The maximum absolute atomic E-state index is 13.7. The number of hydrogen-bond acceptors (Lipinski definition) is 6. The van der Waals surface area contributed by atoms with Crippen LogP contribution >= 0.6 is 11.3 Å². The largest absolute Gasteiger partial charge is 0.494 e. The molecule has 2 aliphatic heterocycles. The number of aromatic nitrogens is 3. The van der Waals surface area contributed by atoms with Crippen molar-refractivity contribution in [1.82, 2.24) is 24.8 Å². The summed E-state index contributed by atoms with van der Waals surface area (Å²) in [6.45, 7) is 5.56. The van der Waals surface area contributed by atoms with E-state index in [2.05, 4.69) is 15.3 Å². The summed E-state index contributed by atoms with van der Waals surface area (Å²) >= 11 is 1.42. The van der Waals surface area contributed by atoms with Gasteiger partial charge in [0.25, 0.3) is 5.91 Å². The number of fused-ring (bicyclic) bond motifs is 3. The molecule has 4 heterocycles. The lowest BCUT2D eigenvalue weighted by Gasteiger charge is -2.36. The van der Waals surface area contributed by atoms with Gasteiger partial charge >= 0.3 is 0 Å². The van der Waals surface area contributed by atoms with E-state index in [1.165, 1.54) is 11.3 Å². The van der Waals surface area contributed by atoms with E-state index >= 15 is 0 Å². The topological polar surface area (TPSA) is 89.3 Å². The van der Waals surface area contributed by atoms with Crippen LogP contribution in [-0.4, -0.2) is 50.9 Å². The van der Waals surface area contributed by atoms with Crippen LogP contribution in [0.3, 0.4) is 0 Å². The molecule has 1 aromatic carbocycles. The number of carbonyl (C=O) groups is 2. The Morgan fingerprint density at radius 2 is 2.19 bits per heavy atom. The van der Waals surface area contributed by atoms with Crippen molar-refractivity contribution in [2.75, 3.05) is 19.7 Å². The summed E-state index contributed by atoms with van der Waals surface area (Å²) in [6, 6.07) is 7.51. The number of rotatable bonds is 1. The number of carbonyl (C=O) groups excluding carboxylic acids is 2. The van der Waals surface area contributed by atoms with Crippen molar-refractivity contribution in [2.45, 2.75) is 39.3 Å². The number of benzene rings is 1. The number of amides is 2. The van der Waals surface area contributed by atoms with Crippen molar-refractivity contribution < 1.29 is 14.3 Å². The number of thiazole rings is 1. The lowest BCUT2D eigenvalue weighted by Crippen LogP contribution is -2.42. The second kappa shape index (κ2) is 8.38. The molecule has 32 heavy (non-hydrogen) atoms. The first-order chi connectivity index (χ1) is 15.5. The summed E-state index contributed by atoms with van der Waals surface area (Å²) in [6.07, 6.45) is 3.07. The fourth-order valence-corrected chi connectivity index (χ4v) is 5.34. The third kappa shape index (κ3) is 3.77. The van der Waals surface area contributed by atoms with Crippen molar-refractivity contribution in [3.8, 4) is 5.75 Å². The lowest BCUT2D eigenvalue weighted by atomic mass is 9.94. The normalized spacial score (nSPS) is 18.5. The van der Waals surface area contributed by atoms with Crippen LogP contribution in [0.4, 0.5) is 0 Å². The zero-order chi connectivity index (χ0) is 22.2. The molecule has 3 aromatic rings. The average molecular weight is 452 g/mol. The Bertz CT molecular complexity index is 1180. The average Bonchev–Trinajstić information content (AvgIpc) is 3.34. The maximum Gasteiger partial charge on any atom is 0.266 e. The predicted molar refractivity (Wildman–Crippen MR) is 120 cm³/mol. The summed E-state index contributed by atoms with van der Waals surface area (Å²) in [5, 5.41) is 3.82. The molecule has 1 unspecified atom stereocenters. The highest BCUT2D eigenvalue weighted by molar-refractivity contribution is 7.13. The molecule has 2 amide bonds. The van der Waals surface area contributed by atoms with Crippen molar-refractivity contribution in [1.29, 1.82) is 0 Å². The molecule has 0 spiro atoms. The molecule has 0 fully saturated rings. The van der Waals surface area contributed by atoms with E-state index in [9.17, 15) is 9.59 Å². The molecule has 8 nitrogen and oxygen atoms in total. The molecule has 2 aliphatic rings. The minimum absolute atomic E-state index is 0.0448. The maximum atomic E-state index is 13.7. The number of nitrogens with zero attached hydrogens (tertiary/aromatic N) is 4. The second-order valence-electron chi connectivity index (χ2n) is 8.13. The van der Waals surface area contributed by atoms with Gasteiger partial charge in [-0.15, -0.1) is 11.3 Å². The first-order valence-corrected chi connectivity index (χ1v) is 11.6. The third-order valence-electron chi connectivity index (χ3n) is 5.88. The van der Waals surface area contributed by atoms with E-state index in [1.54, 1.807) is 6.33 Å². The zero-order valence-corrected chi connectivity index (χ0v) is 18.9. The van der Waals surface area contributed by atoms with Gasteiger partial charge in [0, 0.05) is 19.5 Å². The van der Waals surface area contributed by atoms with E-state index in [0.29, 0.717) is 31.0 Å². The smallest absolute Gasteiger partial charge is 0.266 e. The van der Waals surface area contributed by atoms with Gasteiger partial charge in [0.1, 0.15) is 17.2 Å². The van der Waals surface area contributed by atoms with Crippen LogP contribution in [0.2, 0.25) is 0 Å². The number of nitrogens with one attached hydrogen (secondary N) is 1. The summed E-state index contributed by atoms with van der Waals surface area (Å²) in [4.78, 5) is 37.9. The molecule has 0 saturated heterocycles. The SMILES string of the molecule is Cc1nc(C)c(C(=O)N2CCc3ncn4c3C2c2cccc(c2)OCCCNC(=O)C4)s1. The molecule has 1 atom stereocenters. The van der Waals surface area contributed by atoms with E-state index in [1.807, 2.05) is 47.6 Å². The molecule has 5 rings (SSSR count). The number of ether oxygens (including phenoxy) is 1. The van der Waals surface area contributed by atoms with Gasteiger partial charge < -0.3 is 19.5 Å². The van der Waals surface area contributed by atoms with Crippen molar-refractivity contribution in [3.05, 3.63) is 63.1 Å². The van der Waals surface area contributed by atoms with E-state index in [0.717, 1.165) is 39.8 Å². The van der Waals surface area contributed by atoms with Gasteiger partial charge in [0.15, 0.2) is 0 Å². The van der Waals surface area contributed by atoms with Crippen LogP contribution in [0.25, 0.3) is 0 Å². The van der Waals surface area contributed by atoms with Crippen LogP contribution in [-0.2, 0) is 17.8 Å². The highest BCUT2D eigenvalue weighted by Gasteiger charge is 2.37. The summed E-state index contributed by atoms with van der Waals surface area (Å²) in [5.41, 5.74) is 3.50. The van der Waals surface area contributed by atoms with Gasteiger partial charge in [-0.3, -0.25) is 9.59 Å². The van der Waals surface area contributed by atoms with Crippen molar-refractivity contribution in [2.24, 2.45) is 0 Å². The van der Waals surface area contributed by atoms with Crippen molar-refractivity contribution >= 4 is 23.2 Å². The summed E-state index contributed by atoms with van der Waals surface area (Å²) in [7, 11) is 0. The first kappa shape index (κ1) is 20.7. The molecule has 0 radical (unpaired) electrons. The zero-order valence-electron chi connectivity index (χ0n) is 18.1. The predicted octanol–water partition coefficient (Wildman–Crippen LogP) is 2.64. The fraction of sp³-hybridized carbons (Fsp3) is 0.391. The lowest BCUT2D eigenvalue weighted by molar-refractivity contribution is -0.121. The molecule has 2 aromatic heterocycles. The molecule has 166 valence electrons. The quantitative estimate of drug-likeness (QED) is 0.614. The Labute approximate surface area is 190 Å². The minimum atomic E-state index is -0.368. The van der Waals surface area contributed by atoms with E-state index in [4.69, 9.17) is 4.74 Å². The number of imidazole rings is 1. The molecular formula is C23H25N5O3S. The third-order valence-corrected chi connectivity index (χ3v) is 6.94. The van der Waals surface area contributed by atoms with Crippen LogP contribution in [0, 0.1) is 13.8 Å². The highest BCUT2D eigenvalue weighted by Crippen LogP contribution is 2.38. The Balaban J connectivity index is 1.64. The van der Waals surface area contributed by atoms with Crippen LogP contribution in [0.1, 0.15) is 49.8 Å². The first-order valence-electron chi connectivity index (χ1n) is 10.8. The van der Waals surface area contributed by atoms with Gasteiger partial charge in [0.2, 0.25) is 5.91 Å². The van der Waals surface area contributed by atoms with Gasteiger partial charge in [-0.25, -0.2) is 9.97 Å². The minimum Gasteiger partial charge on any atom is -0.494 e. The molecule has 0 saturated carbocycles. The Hall–Kier alpha value is -3.20. The highest BCUT2D eigenvalue weighted by atomic mass is 32.1. The molecule has 9 heteroatoms. The van der Waals surface area contributed by atoms with Crippen LogP contribution in [0.15, 0.2) is 30.6 Å². The summed E-state index contributed by atoms with van der Waals surface area (Å²) < 4.78 is 7.80. The second-order valence-corrected chi connectivity index (χ2v) is 9.33. The monoisotopic (exact) mass is 451 g/mol.